The van der Waals surface area contributed by atoms with Crippen molar-refractivity contribution in [2.24, 2.45) is 0 Å². The lowest BCUT2D eigenvalue weighted by Gasteiger charge is -2.18. The van der Waals surface area contributed by atoms with Crippen molar-refractivity contribution < 1.29 is 0 Å². The molecule has 1 aliphatic carbocycles. The average Bonchev–Trinajstić information content (AvgIpc) is 3.88. The highest BCUT2D eigenvalue weighted by Gasteiger charge is 2.27. The second kappa shape index (κ2) is 14.8. The van der Waals surface area contributed by atoms with Crippen molar-refractivity contribution in [3.05, 3.63) is 218 Å². The van der Waals surface area contributed by atoms with Crippen molar-refractivity contribution in [2.45, 2.75) is 12.8 Å². The van der Waals surface area contributed by atoms with Gasteiger partial charge in [-0.05, 0) is 52.8 Å². The third kappa shape index (κ3) is 5.97. The average molecular weight is 794 g/mol. The zero-order valence-electron chi connectivity index (χ0n) is 33.9. The van der Waals surface area contributed by atoms with Crippen LogP contribution >= 0.6 is 0 Å². The minimum absolute atomic E-state index is 0.575. The van der Waals surface area contributed by atoms with Gasteiger partial charge in [-0.2, -0.15) is 9.97 Å². The van der Waals surface area contributed by atoms with Gasteiger partial charge in [0.25, 0.3) is 0 Å². The quantitative estimate of drug-likeness (QED) is 0.161. The molecule has 292 valence electrons. The molecule has 0 spiro atoms. The van der Waals surface area contributed by atoms with Crippen LogP contribution in [0.1, 0.15) is 17.7 Å². The number of hydrogen-bond donors (Lipinski definition) is 0. The lowest BCUT2D eigenvalue weighted by Crippen LogP contribution is -2.08. The van der Waals surface area contributed by atoms with E-state index in [1.165, 1.54) is 44.5 Å². The molecule has 0 N–H and O–H groups in total. The fraction of sp³-hybridized carbons (Fsp3) is 0.0351. The zero-order chi connectivity index (χ0) is 41.0. The molecule has 0 saturated carbocycles. The van der Waals surface area contributed by atoms with Crippen molar-refractivity contribution >= 4 is 38.8 Å². The van der Waals surface area contributed by atoms with Gasteiger partial charge < -0.3 is 4.57 Å². The van der Waals surface area contributed by atoms with E-state index in [4.69, 9.17) is 15.0 Å². The van der Waals surface area contributed by atoms with E-state index in [2.05, 4.69) is 197 Å². The maximum atomic E-state index is 5.38. The largest absolute Gasteiger partial charge is 0.310 e. The number of para-hydroxylation sites is 2. The van der Waals surface area contributed by atoms with Gasteiger partial charge in [0, 0.05) is 44.1 Å². The monoisotopic (exact) mass is 793 g/mol. The van der Waals surface area contributed by atoms with E-state index in [1.807, 2.05) is 24.3 Å². The number of allylic oxidation sites excluding steroid dienone is 1. The van der Waals surface area contributed by atoms with Crippen molar-refractivity contribution in [2.75, 3.05) is 0 Å². The summed E-state index contributed by atoms with van der Waals surface area (Å²) in [5.41, 5.74) is 15.9. The summed E-state index contributed by atoms with van der Waals surface area (Å²) in [5, 5.41) is 3.50. The number of nitrogens with zero attached hydrogens (tertiary/aromatic N) is 5. The van der Waals surface area contributed by atoms with Gasteiger partial charge >= 0.3 is 0 Å². The van der Waals surface area contributed by atoms with Gasteiger partial charge in [-0.25, -0.2) is 4.98 Å². The van der Waals surface area contributed by atoms with E-state index in [1.54, 1.807) is 0 Å². The van der Waals surface area contributed by atoms with Gasteiger partial charge in [0.15, 0.2) is 11.6 Å². The molecule has 5 nitrogen and oxygen atoms in total. The molecule has 0 aliphatic heterocycles. The van der Waals surface area contributed by atoms with Crippen LogP contribution in [-0.2, 0) is 6.42 Å². The maximum absolute atomic E-state index is 5.38. The Balaban J connectivity index is 1.13. The van der Waals surface area contributed by atoms with Gasteiger partial charge in [0.2, 0.25) is 5.95 Å². The van der Waals surface area contributed by atoms with Crippen LogP contribution in [0.3, 0.4) is 0 Å². The predicted octanol–water partition coefficient (Wildman–Crippen LogP) is 14.2. The van der Waals surface area contributed by atoms with Gasteiger partial charge in [-0.1, -0.05) is 200 Å². The van der Waals surface area contributed by atoms with Crippen LogP contribution in [0.4, 0.5) is 0 Å². The highest BCUT2D eigenvalue weighted by molar-refractivity contribution is 6.19. The highest BCUT2D eigenvalue weighted by Crippen LogP contribution is 2.44. The molecule has 12 rings (SSSR count). The summed E-state index contributed by atoms with van der Waals surface area (Å²) in [5.74, 6) is 1.82. The normalized spacial score (nSPS) is 12.3. The zero-order valence-corrected chi connectivity index (χ0v) is 33.9. The summed E-state index contributed by atoms with van der Waals surface area (Å²) in [7, 11) is 0. The molecule has 0 unspecified atom stereocenters. The summed E-state index contributed by atoms with van der Waals surface area (Å²) in [4.78, 5) is 15.9. The third-order valence-electron chi connectivity index (χ3n) is 12.3. The van der Waals surface area contributed by atoms with E-state index < -0.39 is 0 Å². The second-order valence-electron chi connectivity index (χ2n) is 15.9. The molecule has 11 aromatic rings. The predicted molar refractivity (Wildman–Crippen MR) is 256 cm³/mol. The first-order valence-corrected chi connectivity index (χ1v) is 21.3. The molecular formula is C57H39N5. The Morgan fingerprint density at radius 3 is 1.55 bits per heavy atom. The first kappa shape index (κ1) is 35.8. The fourth-order valence-corrected chi connectivity index (χ4v) is 9.36. The summed E-state index contributed by atoms with van der Waals surface area (Å²) in [6, 6.07) is 70.9. The number of fused-ring (bicyclic) bond motifs is 7. The van der Waals surface area contributed by atoms with Crippen molar-refractivity contribution in [3.8, 4) is 67.8 Å². The van der Waals surface area contributed by atoms with Gasteiger partial charge in [-0.3, -0.25) is 4.57 Å². The SMILES string of the molecule is C1=Cc2c(n(-c3ccccc3-c3ccc(-c4ccccc4)cc3)c3c2ccc2c4ccccc4n(-c4nc(-c5ccccc5)nc(-c5ccc(-c6ccccc6)cc5)n4)c23)CC1. The Morgan fingerprint density at radius 2 is 0.871 bits per heavy atom. The van der Waals surface area contributed by atoms with Crippen LogP contribution in [0.5, 0.6) is 0 Å². The van der Waals surface area contributed by atoms with Crippen molar-refractivity contribution in [3.63, 3.8) is 0 Å². The van der Waals surface area contributed by atoms with Crippen molar-refractivity contribution in [1.29, 1.82) is 0 Å². The second-order valence-corrected chi connectivity index (χ2v) is 15.9. The molecule has 0 saturated heterocycles. The standard InChI is InChI=1S/C57H39N5/c1-4-16-38(17-5-1)40-28-32-42(33-29-40)45-22-10-13-25-50(45)61-51-26-14-11-23-46(51)48-36-37-49-47-24-12-15-27-52(47)62(54(49)53(48)61)57-59-55(43-20-8-3-9-21-43)58-56(60-57)44-34-30-41(31-35-44)39-18-6-2-7-19-39/h1-13,15-25,27-37H,14,26H2. The van der Waals surface area contributed by atoms with Crippen LogP contribution in [-0.4, -0.2) is 24.1 Å². The lowest BCUT2D eigenvalue weighted by atomic mass is 9.98. The highest BCUT2D eigenvalue weighted by atomic mass is 15.2. The smallest absolute Gasteiger partial charge is 0.238 e. The van der Waals surface area contributed by atoms with Crippen LogP contribution in [0.2, 0.25) is 0 Å². The number of hydrogen-bond acceptors (Lipinski definition) is 3. The molecule has 0 amide bonds. The molecule has 3 heterocycles. The molecule has 5 heteroatoms. The molecule has 0 fully saturated rings. The summed E-state index contributed by atoms with van der Waals surface area (Å²) in [6.07, 6.45) is 6.54. The van der Waals surface area contributed by atoms with E-state index in [-0.39, 0.29) is 0 Å². The van der Waals surface area contributed by atoms with E-state index in [0.29, 0.717) is 17.6 Å². The Morgan fingerprint density at radius 1 is 0.371 bits per heavy atom. The summed E-state index contributed by atoms with van der Waals surface area (Å²) in [6.45, 7) is 0. The third-order valence-corrected chi connectivity index (χ3v) is 12.3. The van der Waals surface area contributed by atoms with Crippen molar-refractivity contribution in [1.82, 2.24) is 24.1 Å². The van der Waals surface area contributed by atoms with Crippen LogP contribution in [0.15, 0.2) is 206 Å². The van der Waals surface area contributed by atoms with Crippen LogP contribution < -0.4 is 0 Å². The molecule has 0 radical (unpaired) electrons. The molecule has 0 bridgehead atoms. The minimum atomic E-state index is 0.575. The molecule has 1 aliphatic rings. The summed E-state index contributed by atoms with van der Waals surface area (Å²) < 4.78 is 4.82. The lowest BCUT2D eigenvalue weighted by molar-refractivity contribution is 0.888. The Hall–Kier alpha value is -8.15. The molecular weight excluding hydrogens is 755 g/mol. The summed E-state index contributed by atoms with van der Waals surface area (Å²) >= 11 is 0. The van der Waals surface area contributed by atoms with Crippen LogP contribution in [0.25, 0.3) is 107 Å². The number of aromatic nitrogens is 5. The number of benzene rings is 8. The first-order chi connectivity index (χ1) is 30.8. The fourth-order valence-electron chi connectivity index (χ4n) is 9.36. The first-order valence-electron chi connectivity index (χ1n) is 21.3. The van der Waals surface area contributed by atoms with Crippen LogP contribution in [0, 0.1) is 0 Å². The molecule has 0 atom stereocenters. The number of rotatable bonds is 7. The van der Waals surface area contributed by atoms with Gasteiger partial charge in [0.05, 0.1) is 22.2 Å². The topological polar surface area (TPSA) is 48.5 Å². The van der Waals surface area contributed by atoms with E-state index in [9.17, 15) is 0 Å². The van der Waals surface area contributed by atoms with E-state index in [0.717, 1.165) is 62.5 Å². The maximum Gasteiger partial charge on any atom is 0.238 e. The molecule has 8 aromatic carbocycles. The van der Waals surface area contributed by atoms with E-state index >= 15 is 0 Å². The molecule has 3 aromatic heterocycles. The Labute approximate surface area is 359 Å². The Bertz CT molecular complexity index is 3470. The Kier molecular flexibility index (Phi) is 8.56. The minimum Gasteiger partial charge on any atom is -0.310 e. The van der Waals surface area contributed by atoms with Gasteiger partial charge in [0.1, 0.15) is 0 Å². The van der Waals surface area contributed by atoms with Gasteiger partial charge in [-0.15, -0.1) is 0 Å². The molecule has 62 heavy (non-hydrogen) atoms.